The third kappa shape index (κ3) is 6.00. The van der Waals surface area contributed by atoms with E-state index in [4.69, 9.17) is 9.47 Å². The fourth-order valence-electron chi connectivity index (χ4n) is 2.03. The van der Waals surface area contributed by atoms with E-state index in [9.17, 15) is 29.7 Å². The molecule has 2 heterocycles. The molecule has 11 nitrogen and oxygen atoms in total. The molecule has 0 amide bonds. The van der Waals surface area contributed by atoms with Crippen molar-refractivity contribution >= 4 is 7.60 Å². The number of aliphatic hydroxyl groups excluding tert-OH is 3. The van der Waals surface area contributed by atoms with E-state index >= 15 is 0 Å². The number of nitrogens with zero attached hydrogens (tertiary/aromatic N) is 3. The van der Waals surface area contributed by atoms with E-state index in [1.807, 2.05) is 0 Å². The molecule has 14 heteroatoms. The zero-order valence-corrected chi connectivity index (χ0v) is 17.7. The van der Waals surface area contributed by atoms with Gasteiger partial charge in [-0.3, -0.25) is 0 Å². The number of hydrogen-bond acceptors (Lipinski definition) is 10. The molecule has 1 saturated heterocycles. The standard InChI is InChI=1S/C9H16N3O8P.2Na/c1-19-5-2-12(11-10-5)9-7(15)6(14)8(20-9)4(13)3-21(16,17)18;;/h2,4,6-9,13-15H,3H2,1H3,(H2,16,17,18);;/q;2*+1/p-2/t4-,6+,7-,8-,9-;;/m1../s1. The Bertz CT molecular complexity index is 543. The molecule has 1 aromatic heterocycles. The van der Waals surface area contributed by atoms with Crippen LogP contribution in [0.3, 0.4) is 0 Å². The number of aliphatic hydroxyl groups is 3. The van der Waals surface area contributed by atoms with Gasteiger partial charge in [0.1, 0.15) is 18.3 Å². The van der Waals surface area contributed by atoms with Crippen molar-refractivity contribution in [2.45, 2.75) is 30.6 Å². The molecule has 2 rings (SSSR count). The first-order chi connectivity index (χ1) is 9.73. The van der Waals surface area contributed by atoms with Gasteiger partial charge in [-0.25, -0.2) is 4.68 Å². The Balaban J connectivity index is 0.00000242. The van der Waals surface area contributed by atoms with Crippen molar-refractivity contribution in [1.29, 1.82) is 0 Å². The van der Waals surface area contributed by atoms with Gasteiger partial charge in [0.2, 0.25) is 0 Å². The summed E-state index contributed by atoms with van der Waals surface area (Å²) in [7, 11) is -3.64. The van der Waals surface area contributed by atoms with E-state index in [2.05, 4.69) is 10.3 Å². The number of rotatable bonds is 5. The van der Waals surface area contributed by atoms with E-state index < -0.39 is 44.4 Å². The van der Waals surface area contributed by atoms with Gasteiger partial charge in [0.05, 0.1) is 19.4 Å². The van der Waals surface area contributed by atoms with Crippen LogP contribution in [0, 0.1) is 0 Å². The predicted molar refractivity (Wildman–Crippen MR) is 61.0 cm³/mol. The summed E-state index contributed by atoms with van der Waals surface area (Å²) in [6.45, 7) is 0. The van der Waals surface area contributed by atoms with Crippen LogP contribution in [-0.2, 0) is 9.30 Å². The van der Waals surface area contributed by atoms with Crippen molar-refractivity contribution in [3.63, 3.8) is 0 Å². The monoisotopic (exact) mass is 369 g/mol. The normalized spacial score (nSPS) is 28.6. The Kier molecular flexibility index (Phi) is 9.97. The van der Waals surface area contributed by atoms with Gasteiger partial charge in [0.25, 0.3) is 5.88 Å². The smallest absolute Gasteiger partial charge is 0.811 e. The fraction of sp³-hybridized carbons (Fsp3) is 0.778. The van der Waals surface area contributed by atoms with Crippen molar-refractivity contribution in [3.05, 3.63) is 6.20 Å². The molecule has 1 aliphatic heterocycles. The number of aromatic nitrogens is 3. The van der Waals surface area contributed by atoms with E-state index in [0.29, 0.717) is 0 Å². The van der Waals surface area contributed by atoms with Crippen LogP contribution in [0.1, 0.15) is 6.23 Å². The largest absolute Gasteiger partial charge is 1.00 e. The average molecular weight is 369 g/mol. The number of ether oxygens (including phenoxy) is 2. The Labute approximate surface area is 175 Å². The molecule has 1 aliphatic rings. The molecular formula is C9H14N3Na2O8P. The number of hydrogen-bond donors (Lipinski definition) is 3. The Morgan fingerprint density at radius 3 is 2.52 bits per heavy atom. The summed E-state index contributed by atoms with van der Waals surface area (Å²) < 4.78 is 21.7. The zero-order chi connectivity index (χ0) is 15.8. The maximum atomic E-state index is 10.6. The SMILES string of the molecule is COc1cn([C@@H]2O[C@H]([C@H](O)CP(=O)([O-])[O-])[C@@H](O)[C@H]2O)nn1.[Na+].[Na+]. The minimum Gasteiger partial charge on any atom is -0.811 e. The molecule has 5 atom stereocenters. The second-order valence-electron chi connectivity index (χ2n) is 4.57. The molecular weight excluding hydrogens is 355 g/mol. The molecule has 0 aliphatic carbocycles. The second kappa shape index (κ2) is 9.58. The Morgan fingerprint density at radius 2 is 2.04 bits per heavy atom. The maximum Gasteiger partial charge on any atom is 1.00 e. The van der Waals surface area contributed by atoms with Crippen LogP contribution in [0.25, 0.3) is 0 Å². The van der Waals surface area contributed by atoms with E-state index in [1.165, 1.54) is 13.3 Å². The van der Waals surface area contributed by atoms with E-state index in [-0.39, 0.29) is 65.0 Å². The first-order valence-corrected chi connectivity index (χ1v) is 7.62. The van der Waals surface area contributed by atoms with Gasteiger partial charge in [-0.05, 0) is 0 Å². The molecule has 0 saturated carbocycles. The molecule has 23 heavy (non-hydrogen) atoms. The first-order valence-electron chi connectivity index (χ1n) is 5.89. The van der Waals surface area contributed by atoms with Crippen molar-refractivity contribution in [2.24, 2.45) is 0 Å². The molecule has 1 fully saturated rings. The molecule has 0 radical (unpaired) electrons. The summed E-state index contributed by atoms with van der Waals surface area (Å²) in [5.74, 6) is 0.132. The molecule has 0 spiro atoms. The van der Waals surface area contributed by atoms with Gasteiger partial charge in [0.15, 0.2) is 6.23 Å². The van der Waals surface area contributed by atoms with Gasteiger partial charge in [0, 0.05) is 6.16 Å². The minimum atomic E-state index is -4.99. The quantitative estimate of drug-likeness (QED) is 0.334. The fourth-order valence-corrected chi connectivity index (χ4v) is 2.70. The minimum absolute atomic E-state index is 0. The van der Waals surface area contributed by atoms with Crippen molar-refractivity contribution in [1.82, 2.24) is 15.0 Å². The van der Waals surface area contributed by atoms with Gasteiger partial charge >= 0.3 is 59.1 Å². The Hall–Kier alpha value is 0.930. The summed E-state index contributed by atoms with van der Waals surface area (Å²) in [5.41, 5.74) is 0. The van der Waals surface area contributed by atoms with Crippen LogP contribution in [0.2, 0.25) is 0 Å². The van der Waals surface area contributed by atoms with Gasteiger partial charge < -0.3 is 39.1 Å². The summed E-state index contributed by atoms with van der Waals surface area (Å²) in [6, 6.07) is 0. The predicted octanol–water partition coefficient (Wildman–Crippen LogP) is -9.81. The summed E-state index contributed by atoms with van der Waals surface area (Å²) in [6.07, 6.45) is -7.34. The Morgan fingerprint density at radius 1 is 1.43 bits per heavy atom. The molecule has 0 aromatic carbocycles. The summed E-state index contributed by atoms with van der Waals surface area (Å²) in [5, 5.41) is 36.5. The zero-order valence-electron chi connectivity index (χ0n) is 12.8. The molecule has 3 N–H and O–H groups in total. The molecule has 0 unspecified atom stereocenters. The average Bonchev–Trinajstić information content (AvgIpc) is 2.94. The van der Waals surface area contributed by atoms with Crippen LogP contribution in [0.15, 0.2) is 6.20 Å². The van der Waals surface area contributed by atoms with Crippen LogP contribution >= 0.6 is 7.60 Å². The van der Waals surface area contributed by atoms with Crippen molar-refractivity contribution in [2.75, 3.05) is 13.3 Å². The van der Waals surface area contributed by atoms with Gasteiger partial charge in [-0.15, -0.1) is 0 Å². The van der Waals surface area contributed by atoms with E-state index in [1.54, 1.807) is 0 Å². The topological polar surface area (TPSA) is 173 Å². The van der Waals surface area contributed by atoms with Gasteiger partial charge in [-0.2, -0.15) is 0 Å². The third-order valence-corrected chi connectivity index (χ3v) is 3.85. The van der Waals surface area contributed by atoms with Crippen LogP contribution in [-0.4, -0.2) is 68.0 Å². The molecule has 0 bridgehead atoms. The van der Waals surface area contributed by atoms with Crippen molar-refractivity contribution < 1.29 is 98.3 Å². The van der Waals surface area contributed by atoms with E-state index in [0.717, 1.165) is 4.68 Å². The molecule has 1 aromatic rings. The van der Waals surface area contributed by atoms with Gasteiger partial charge in [-0.1, -0.05) is 17.9 Å². The summed E-state index contributed by atoms with van der Waals surface area (Å²) >= 11 is 0. The van der Waals surface area contributed by atoms with Crippen LogP contribution in [0.5, 0.6) is 5.88 Å². The maximum absolute atomic E-state index is 10.6. The second-order valence-corrected chi connectivity index (χ2v) is 6.16. The third-order valence-electron chi connectivity index (χ3n) is 3.02. The van der Waals surface area contributed by atoms with Crippen LogP contribution in [0.4, 0.5) is 0 Å². The molecule has 120 valence electrons. The van der Waals surface area contributed by atoms with Crippen molar-refractivity contribution in [3.8, 4) is 5.88 Å². The first kappa shape index (κ1) is 23.9. The summed E-state index contributed by atoms with van der Waals surface area (Å²) in [4.78, 5) is 21.3. The number of methoxy groups -OCH3 is 1. The van der Waals surface area contributed by atoms with Crippen LogP contribution < -0.4 is 73.6 Å².